The molecule has 0 aliphatic rings. The molecule has 0 amide bonds. The summed E-state index contributed by atoms with van der Waals surface area (Å²) < 4.78 is 0. The molecule has 0 aliphatic heterocycles. The van der Waals surface area contributed by atoms with Crippen molar-refractivity contribution in [1.29, 1.82) is 0 Å². The second kappa shape index (κ2) is 6.14. The van der Waals surface area contributed by atoms with Gasteiger partial charge in [-0.05, 0) is 16.7 Å². The topological polar surface area (TPSA) is 52.0 Å². The third-order valence-corrected chi connectivity index (χ3v) is 4.02. The third kappa shape index (κ3) is 2.80. The summed E-state index contributed by atoms with van der Waals surface area (Å²) in [5.41, 5.74) is 15.4. The molecule has 0 heterocycles. The molecule has 3 aromatic rings. The van der Waals surface area contributed by atoms with Crippen LogP contribution in [0.25, 0.3) is 0 Å². The summed E-state index contributed by atoms with van der Waals surface area (Å²) in [5, 5.41) is 0. The number of nitrogens with two attached hydrogens (primary N) is 2. The Kier molecular flexibility index (Phi) is 4.05. The molecule has 2 nitrogen and oxygen atoms in total. The van der Waals surface area contributed by atoms with Gasteiger partial charge in [-0.3, -0.25) is 0 Å². The Hall–Kier alpha value is -2.42. The summed E-state index contributed by atoms with van der Waals surface area (Å²) in [6.45, 7) is 0. The first-order chi connectivity index (χ1) is 10.7. The summed E-state index contributed by atoms with van der Waals surface area (Å²) in [6.07, 6.45) is 0. The van der Waals surface area contributed by atoms with Crippen LogP contribution < -0.4 is 11.5 Å². The molecular weight excluding hydrogens is 268 g/mol. The lowest BCUT2D eigenvalue weighted by atomic mass is 9.78. The highest BCUT2D eigenvalue weighted by Gasteiger charge is 2.34. The van der Waals surface area contributed by atoms with Crippen LogP contribution in [0.2, 0.25) is 0 Å². The van der Waals surface area contributed by atoms with Crippen molar-refractivity contribution in [1.82, 2.24) is 0 Å². The Balaban J connectivity index is 2.14. The van der Waals surface area contributed by atoms with E-state index in [9.17, 15) is 0 Å². The summed E-state index contributed by atoms with van der Waals surface area (Å²) in [6, 6.07) is 30.3. The molecule has 0 aliphatic carbocycles. The molecule has 0 fully saturated rings. The van der Waals surface area contributed by atoms with E-state index >= 15 is 0 Å². The van der Waals surface area contributed by atoms with Gasteiger partial charge in [0.05, 0.1) is 0 Å². The molecule has 22 heavy (non-hydrogen) atoms. The van der Waals surface area contributed by atoms with E-state index in [1.807, 2.05) is 66.7 Å². The molecule has 110 valence electrons. The zero-order valence-electron chi connectivity index (χ0n) is 12.4. The average molecular weight is 288 g/mol. The van der Waals surface area contributed by atoms with Gasteiger partial charge in [-0.15, -0.1) is 0 Å². The van der Waals surface area contributed by atoms with E-state index in [4.69, 9.17) is 11.5 Å². The first-order valence-corrected chi connectivity index (χ1v) is 7.43. The number of hydrogen-bond acceptors (Lipinski definition) is 2. The number of hydrogen-bond donors (Lipinski definition) is 2. The minimum absolute atomic E-state index is 0.114. The summed E-state index contributed by atoms with van der Waals surface area (Å²) in [7, 11) is 0. The highest BCUT2D eigenvalue weighted by molar-refractivity contribution is 5.40. The van der Waals surface area contributed by atoms with E-state index in [0.717, 1.165) is 16.7 Å². The Labute approximate surface area is 131 Å². The molecule has 3 rings (SSSR count). The van der Waals surface area contributed by atoms with Crippen LogP contribution in [0, 0.1) is 0 Å². The van der Waals surface area contributed by atoms with E-state index in [1.165, 1.54) is 0 Å². The summed E-state index contributed by atoms with van der Waals surface area (Å²) in [5.74, 6) is -0.114. The highest BCUT2D eigenvalue weighted by Crippen LogP contribution is 2.36. The molecule has 3 aromatic carbocycles. The van der Waals surface area contributed by atoms with Gasteiger partial charge in [-0.25, -0.2) is 0 Å². The van der Waals surface area contributed by atoms with Gasteiger partial charge < -0.3 is 11.5 Å². The van der Waals surface area contributed by atoms with Crippen LogP contribution in [-0.2, 0) is 5.66 Å². The molecule has 0 radical (unpaired) electrons. The quantitative estimate of drug-likeness (QED) is 0.721. The van der Waals surface area contributed by atoms with Crippen LogP contribution in [-0.4, -0.2) is 0 Å². The van der Waals surface area contributed by atoms with Crippen LogP contribution in [0.4, 0.5) is 0 Å². The predicted octanol–water partition coefficient (Wildman–Crippen LogP) is 3.59. The molecule has 0 spiro atoms. The van der Waals surface area contributed by atoms with Crippen LogP contribution in [0.3, 0.4) is 0 Å². The maximum absolute atomic E-state index is 6.62. The molecule has 0 bridgehead atoms. The minimum Gasteiger partial charge on any atom is -0.309 e. The van der Waals surface area contributed by atoms with Crippen LogP contribution >= 0.6 is 0 Å². The van der Waals surface area contributed by atoms with Crippen molar-refractivity contribution < 1.29 is 0 Å². The van der Waals surface area contributed by atoms with Crippen molar-refractivity contribution >= 4 is 0 Å². The maximum atomic E-state index is 6.62. The third-order valence-electron chi connectivity index (χ3n) is 4.02. The maximum Gasteiger partial charge on any atom is 0.101 e. The summed E-state index contributed by atoms with van der Waals surface area (Å²) in [4.78, 5) is 0. The Bertz CT molecular complexity index is 667. The number of rotatable bonds is 4. The van der Waals surface area contributed by atoms with Gasteiger partial charge in [0.25, 0.3) is 0 Å². The molecular formula is C20H20N2. The van der Waals surface area contributed by atoms with Crippen molar-refractivity contribution in [2.24, 2.45) is 11.5 Å². The van der Waals surface area contributed by atoms with Crippen molar-refractivity contribution in [3.63, 3.8) is 0 Å². The van der Waals surface area contributed by atoms with Gasteiger partial charge in [0.1, 0.15) is 5.66 Å². The monoisotopic (exact) mass is 288 g/mol. The Morgan fingerprint density at radius 1 is 0.545 bits per heavy atom. The first kappa shape index (κ1) is 14.5. The van der Waals surface area contributed by atoms with Crippen molar-refractivity contribution in [2.45, 2.75) is 11.6 Å². The fourth-order valence-corrected chi connectivity index (χ4v) is 2.93. The van der Waals surface area contributed by atoms with E-state index in [-0.39, 0.29) is 5.92 Å². The van der Waals surface area contributed by atoms with E-state index in [1.54, 1.807) is 0 Å². The lowest BCUT2D eigenvalue weighted by Gasteiger charge is -2.35. The lowest BCUT2D eigenvalue weighted by Crippen LogP contribution is -2.51. The largest absolute Gasteiger partial charge is 0.309 e. The molecule has 0 unspecified atom stereocenters. The van der Waals surface area contributed by atoms with Gasteiger partial charge in [0.2, 0.25) is 0 Å². The van der Waals surface area contributed by atoms with Crippen molar-refractivity contribution in [2.75, 3.05) is 0 Å². The van der Waals surface area contributed by atoms with Crippen LogP contribution in [0.5, 0.6) is 0 Å². The van der Waals surface area contributed by atoms with Gasteiger partial charge in [-0.1, -0.05) is 91.0 Å². The molecule has 0 saturated heterocycles. The van der Waals surface area contributed by atoms with Crippen molar-refractivity contribution in [3.05, 3.63) is 108 Å². The fourth-order valence-electron chi connectivity index (χ4n) is 2.93. The van der Waals surface area contributed by atoms with E-state index in [2.05, 4.69) is 24.3 Å². The first-order valence-electron chi connectivity index (χ1n) is 7.43. The van der Waals surface area contributed by atoms with Crippen LogP contribution in [0.15, 0.2) is 91.0 Å². The molecule has 0 aromatic heterocycles. The SMILES string of the molecule is NC(N)(c1ccccc1)C(c1ccccc1)c1ccccc1. The zero-order valence-corrected chi connectivity index (χ0v) is 12.4. The standard InChI is InChI=1S/C20H20N2/c21-20(22,18-14-8-3-9-15-18)19(16-10-4-1-5-11-16)17-12-6-2-7-13-17/h1-15,19H,21-22H2. The second-order valence-electron chi connectivity index (χ2n) is 5.55. The van der Waals surface area contributed by atoms with E-state index < -0.39 is 5.66 Å². The smallest absolute Gasteiger partial charge is 0.101 e. The molecule has 0 saturated carbocycles. The molecule has 0 atom stereocenters. The number of benzene rings is 3. The highest BCUT2D eigenvalue weighted by atomic mass is 15.0. The summed E-state index contributed by atoms with van der Waals surface area (Å²) >= 11 is 0. The van der Waals surface area contributed by atoms with Gasteiger partial charge >= 0.3 is 0 Å². The zero-order chi connectivity index (χ0) is 15.4. The Morgan fingerprint density at radius 2 is 0.909 bits per heavy atom. The van der Waals surface area contributed by atoms with Gasteiger partial charge in [-0.2, -0.15) is 0 Å². The predicted molar refractivity (Wildman–Crippen MR) is 91.2 cm³/mol. The van der Waals surface area contributed by atoms with Crippen molar-refractivity contribution in [3.8, 4) is 0 Å². The van der Waals surface area contributed by atoms with Gasteiger partial charge in [0.15, 0.2) is 0 Å². The van der Waals surface area contributed by atoms with Crippen LogP contribution in [0.1, 0.15) is 22.6 Å². The second-order valence-corrected chi connectivity index (χ2v) is 5.55. The molecule has 2 heteroatoms. The normalized spacial score (nSPS) is 11.6. The van der Waals surface area contributed by atoms with Gasteiger partial charge in [0, 0.05) is 5.92 Å². The Morgan fingerprint density at radius 3 is 1.32 bits per heavy atom. The fraction of sp³-hybridized carbons (Fsp3) is 0.100. The lowest BCUT2D eigenvalue weighted by molar-refractivity contribution is 0.407. The van der Waals surface area contributed by atoms with E-state index in [0.29, 0.717) is 0 Å². The minimum atomic E-state index is -0.982. The molecule has 4 N–H and O–H groups in total. The average Bonchev–Trinajstić information content (AvgIpc) is 2.58.